The van der Waals surface area contributed by atoms with Crippen LogP contribution < -0.4 is 4.43 Å². The van der Waals surface area contributed by atoms with Crippen molar-refractivity contribution in [2.45, 2.75) is 375 Å². The Hall–Kier alpha value is -6.26. The molecule has 610 valence electrons. The molecule has 4 nitrogen and oxygen atoms in total. The lowest BCUT2D eigenvalue weighted by Gasteiger charge is -2.18. The van der Waals surface area contributed by atoms with E-state index in [2.05, 4.69) is 367 Å². The van der Waals surface area contributed by atoms with Gasteiger partial charge in [0.1, 0.15) is 11.6 Å². The van der Waals surface area contributed by atoms with Gasteiger partial charge in [-0.1, -0.05) is 350 Å². The maximum atomic E-state index is 13.5. The number of aromatic nitrogens is 2. The van der Waals surface area contributed by atoms with Crippen molar-refractivity contribution in [1.82, 2.24) is 9.97 Å². The fourth-order valence-corrected chi connectivity index (χ4v) is 16.8. The Labute approximate surface area is 680 Å². The third-order valence-electron chi connectivity index (χ3n) is 20.8. The topological polar surface area (TPSA) is 55.2 Å². The fraction of sp³-hybridized carbons (Fsp3) is 0.553. The summed E-state index contributed by atoms with van der Waals surface area (Å²) in [5.74, 6) is 10.1. The Morgan fingerprint density at radius 1 is 0.345 bits per heavy atom. The molecule has 0 radical (unpaired) electrons. The van der Waals surface area contributed by atoms with E-state index >= 15 is 0 Å². The van der Waals surface area contributed by atoms with E-state index in [0.717, 1.165) is 16.7 Å². The van der Waals surface area contributed by atoms with Gasteiger partial charge in [-0.05, 0) is 246 Å². The summed E-state index contributed by atoms with van der Waals surface area (Å²) in [6, 6.07) is 48.6. The number of fused-ring (bicyclic) bond motifs is 1. The summed E-state index contributed by atoms with van der Waals surface area (Å²) in [4.78, 5) is 8.90. The van der Waals surface area contributed by atoms with Crippen LogP contribution in [-0.2, 0) is 18.7 Å². The highest BCUT2D eigenvalue weighted by Crippen LogP contribution is 2.43. The molecule has 1 aliphatic heterocycles. The van der Waals surface area contributed by atoms with Gasteiger partial charge in [0.15, 0.2) is 0 Å². The molecule has 3 heterocycles. The Bertz CT molecular complexity index is 3640. The van der Waals surface area contributed by atoms with E-state index in [1.165, 1.54) is 107 Å². The van der Waals surface area contributed by atoms with Crippen LogP contribution in [0.25, 0.3) is 0 Å². The molecule has 0 atom stereocenters. The number of aryl methyl sites for hydroxylation is 2. The molecule has 0 saturated heterocycles. The Morgan fingerprint density at radius 2 is 0.682 bits per heavy atom. The summed E-state index contributed by atoms with van der Waals surface area (Å²) < 4.78 is 19.8. The van der Waals surface area contributed by atoms with Gasteiger partial charge in [-0.15, -0.1) is 0 Å². The number of aliphatic hydroxyl groups is 1. The second-order valence-electron chi connectivity index (χ2n) is 37.3. The lowest BCUT2D eigenvalue weighted by Crippen LogP contribution is -2.32. The summed E-state index contributed by atoms with van der Waals surface area (Å²) in [7, 11) is -2.02. The zero-order valence-electron chi connectivity index (χ0n) is 77.3. The molecule has 8 aromatic rings. The smallest absolute Gasteiger partial charge is 0.249 e. The lowest BCUT2D eigenvalue weighted by molar-refractivity contribution is 0.280. The van der Waals surface area contributed by atoms with Crippen molar-refractivity contribution in [2.75, 3.05) is 0 Å². The molecular weight excluding hydrogens is 1370 g/mol. The van der Waals surface area contributed by atoms with E-state index in [0.29, 0.717) is 88.8 Å². The quantitative estimate of drug-likeness (QED) is 0.0820. The molecule has 7 heteroatoms. The van der Waals surface area contributed by atoms with Crippen molar-refractivity contribution < 1.29 is 13.9 Å². The highest BCUT2D eigenvalue weighted by Gasteiger charge is 2.37. The van der Waals surface area contributed by atoms with E-state index in [4.69, 9.17) is 4.43 Å². The molecule has 6 aromatic carbocycles. The molecule has 9 rings (SSSR count). The monoisotopic (exact) mass is 1530 g/mol. The number of hydrogen-bond donors (Lipinski definition) is 1. The fourth-order valence-electron chi connectivity index (χ4n) is 13.5. The maximum absolute atomic E-state index is 13.5. The third-order valence-corrected chi connectivity index (χ3v) is 24.1. The number of pyridine rings is 2. The Kier molecular flexibility index (Phi) is 43.6. The molecular formula is C103H161FN2O2Si2. The van der Waals surface area contributed by atoms with Gasteiger partial charge in [-0.25, -0.2) is 4.39 Å². The molecule has 0 saturated carbocycles. The highest BCUT2D eigenvalue weighted by molar-refractivity contribution is 6.72. The van der Waals surface area contributed by atoms with E-state index in [9.17, 15) is 9.50 Å². The predicted octanol–water partition coefficient (Wildman–Crippen LogP) is 31.8. The van der Waals surface area contributed by atoms with Crippen LogP contribution in [0.5, 0.6) is 5.75 Å². The van der Waals surface area contributed by atoms with Crippen molar-refractivity contribution in [3.63, 3.8) is 0 Å². The van der Waals surface area contributed by atoms with E-state index in [1.54, 1.807) is 17.2 Å². The maximum Gasteiger partial charge on any atom is 0.249 e. The van der Waals surface area contributed by atoms with Gasteiger partial charge >= 0.3 is 0 Å². The molecule has 0 amide bonds. The Balaban J connectivity index is 0.000000428. The van der Waals surface area contributed by atoms with Gasteiger partial charge < -0.3 is 9.53 Å². The highest BCUT2D eigenvalue weighted by atomic mass is 28.4. The first-order valence-corrected chi connectivity index (χ1v) is 48.9. The van der Waals surface area contributed by atoms with Gasteiger partial charge in [0.25, 0.3) is 0 Å². The van der Waals surface area contributed by atoms with Crippen molar-refractivity contribution in [3.8, 4) is 5.75 Å². The van der Waals surface area contributed by atoms with Crippen molar-refractivity contribution >= 4 is 17.1 Å². The minimum atomic E-state index is -1.50. The summed E-state index contributed by atoms with van der Waals surface area (Å²) in [6.07, 6.45) is 3.99. The van der Waals surface area contributed by atoms with Crippen LogP contribution in [0.15, 0.2) is 140 Å². The zero-order chi connectivity index (χ0) is 84.1. The lowest BCUT2D eigenvalue weighted by atomic mass is 9.91. The second-order valence-corrected chi connectivity index (χ2v) is 44.6. The SMILES string of the molecule is CC(C)c1ccc(C(C)C)c(CO)c1.CC(C)c1ccc(C(C)C)c(C[SiH](C)C)c1.CC(C)c1ccc(C(C)C)c(F)c1.CC(C)c1ccc(C(C)C)c2c1C[Si](C)(C)O2.CC(C)c1ccc(C(C)C)cc1.CC(C)c1ccc(C(C)C)nc1.Cc1cc(C(C)C)ccc1C(C)C.Cc1cc(C(C)C)cnc1C(C)C. The molecule has 0 fully saturated rings. The van der Waals surface area contributed by atoms with Gasteiger partial charge in [-0.2, -0.15) is 0 Å². The number of nitrogens with zero attached hydrogens (tertiary/aromatic N) is 2. The van der Waals surface area contributed by atoms with Crippen LogP contribution >= 0.6 is 0 Å². The number of halogens is 1. The summed E-state index contributed by atoms with van der Waals surface area (Å²) >= 11 is 0. The average molecular weight is 1530 g/mol. The summed E-state index contributed by atoms with van der Waals surface area (Å²) in [5.41, 5.74) is 28.2. The van der Waals surface area contributed by atoms with E-state index in [-0.39, 0.29) is 18.3 Å². The third kappa shape index (κ3) is 33.4. The number of benzene rings is 6. The van der Waals surface area contributed by atoms with Crippen LogP contribution in [0.3, 0.4) is 0 Å². The van der Waals surface area contributed by atoms with Gasteiger partial charge in [-0.3, -0.25) is 9.97 Å². The van der Waals surface area contributed by atoms with Crippen LogP contribution in [-0.4, -0.2) is 32.2 Å². The van der Waals surface area contributed by atoms with Crippen LogP contribution in [0, 0.1) is 19.7 Å². The number of aliphatic hydroxyl groups excluding tert-OH is 1. The van der Waals surface area contributed by atoms with Gasteiger partial charge in [0.2, 0.25) is 8.32 Å². The molecule has 0 aliphatic carbocycles. The van der Waals surface area contributed by atoms with Crippen molar-refractivity contribution in [2.24, 2.45) is 0 Å². The summed E-state index contributed by atoms with van der Waals surface area (Å²) in [6.45, 7) is 84.4. The number of rotatable bonds is 19. The van der Waals surface area contributed by atoms with Crippen LogP contribution in [0.2, 0.25) is 26.2 Å². The largest absolute Gasteiger partial charge is 0.543 e. The van der Waals surface area contributed by atoms with Crippen molar-refractivity contribution in [3.05, 3.63) is 263 Å². The standard InChI is InChI=1S/C15H24OSi.C15H26Si.C13H20O.C13H20.C12H17F.C12H19N.C12H18.C11H17N/c1-10(2)12-7-8-13(11(3)4)15-14(12)9-17(5,6)16-15;1-11(2)13-7-8-15(12(3)4)14(9-13)10-16(5)6;1-9(2)11-5-6-13(10(3)4)12(7-11)8-14;1-9(2)12-6-7-13(10(3)4)11(5)8-12;1-8(2)10-5-6-11(9(3)4)12(13)7-10;1-8(2)11-6-10(5)12(9(3)4)13-7-11;1-9(2)11-5-7-12(8-6-11)10(3)4;1-8(2)10-5-6-11(9(3)4)12-7-10/h7-8,10-11H,9H2,1-6H3;7-9,11-12,16H,10H2,1-6H3;5-7,9-10,14H,8H2,1-4H3;6-10H,1-5H3;5-9H,1-4H3;6-9H,1-5H3;5-10H,1-4H3;5-9H,1-4H3. The predicted molar refractivity (Wildman–Crippen MR) is 492 cm³/mol. The summed E-state index contributed by atoms with van der Waals surface area (Å²) in [5, 5.41) is 9.27. The van der Waals surface area contributed by atoms with Gasteiger partial charge in [0, 0.05) is 38.6 Å². The molecule has 110 heavy (non-hydrogen) atoms. The molecule has 1 N–H and O–H groups in total. The molecule has 0 unspecified atom stereocenters. The first-order valence-electron chi connectivity index (χ1n) is 42.7. The average Bonchev–Trinajstić information content (AvgIpc) is 1.62. The van der Waals surface area contributed by atoms with Crippen LogP contribution in [0.4, 0.5) is 4.39 Å². The van der Waals surface area contributed by atoms with Crippen molar-refractivity contribution in [1.29, 1.82) is 0 Å². The minimum absolute atomic E-state index is 0.0683. The number of hydrogen-bond acceptors (Lipinski definition) is 4. The minimum Gasteiger partial charge on any atom is -0.543 e. The molecule has 2 aromatic heterocycles. The molecule has 1 aliphatic rings. The van der Waals surface area contributed by atoms with Crippen LogP contribution in [0.1, 0.15) is 433 Å². The zero-order valence-corrected chi connectivity index (χ0v) is 79.5. The van der Waals surface area contributed by atoms with E-state index < -0.39 is 17.1 Å². The molecule has 0 bridgehead atoms. The normalized spacial score (nSPS) is 12.3. The van der Waals surface area contributed by atoms with Gasteiger partial charge in [0.05, 0.1) is 6.61 Å². The van der Waals surface area contributed by atoms with E-state index in [1.807, 2.05) is 38.4 Å². The Morgan fingerprint density at radius 3 is 1.03 bits per heavy atom. The first-order chi connectivity index (χ1) is 51.1. The first kappa shape index (κ1) is 99.8. The second kappa shape index (κ2) is 48.1. The molecule has 0 spiro atoms.